The third kappa shape index (κ3) is 5.80. The summed E-state index contributed by atoms with van der Waals surface area (Å²) in [6, 6.07) is 0. The summed E-state index contributed by atoms with van der Waals surface area (Å²) >= 11 is 1.93. The van der Waals surface area contributed by atoms with Crippen LogP contribution in [0.5, 0.6) is 0 Å². The Balaban J connectivity index is 1.60. The molecular formula is C16H30N2O2S. The van der Waals surface area contributed by atoms with Gasteiger partial charge in [0, 0.05) is 17.7 Å². The predicted octanol–water partition coefficient (Wildman–Crippen LogP) is 2.33. The number of ether oxygens (including phenoxy) is 1. The van der Waals surface area contributed by atoms with Gasteiger partial charge in [0.1, 0.15) is 0 Å². The van der Waals surface area contributed by atoms with Crippen LogP contribution in [-0.4, -0.2) is 49.3 Å². The number of piperidine rings is 1. The normalized spacial score (nSPS) is 22.9. The molecule has 0 aromatic carbocycles. The lowest BCUT2D eigenvalue weighted by molar-refractivity contribution is -0.122. The van der Waals surface area contributed by atoms with Crippen molar-refractivity contribution in [2.75, 3.05) is 32.5 Å². The van der Waals surface area contributed by atoms with Gasteiger partial charge in [0.2, 0.25) is 5.91 Å². The van der Waals surface area contributed by atoms with E-state index < -0.39 is 0 Å². The van der Waals surface area contributed by atoms with Crippen molar-refractivity contribution in [3.63, 3.8) is 0 Å². The van der Waals surface area contributed by atoms with E-state index in [1.165, 1.54) is 32.1 Å². The van der Waals surface area contributed by atoms with E-state index in [1.54, 1.807) is 0 Å². The molecule has 0 radical (unpaired) electrons. The Labute approximate surface area is 133 Å². The van der Waals surface area contributed by atoms with Gasteiger partial charge in [-0.25, -0.2) is 0 Å². The summed E-state index contributed by atoms with van der Waals surface area (Å²) in [6.07, 6.45) is 11.6. The highest BCUT2D eigenvalue weighted by Gasteiger charge is 2.31. The van der Waals surface area contributed by atoms with Gasteiger partial charge in [0.15, 0.2) is 0 Å². The predicted molar refractivity (Wildman–Crippen MR) is 88.8 cm³/mol. The lowest BCUT2D eigenvalue weighted by Gasteiger charge is -2.35. The molecule has 2 fully saturated rings. The van der Waals surface area contributed by atoms with E-state index in [-0.39, 0.29) is 10.7 Å². The first-order valence-corrected chi connectivity index (χ1v) is 9.61. The number of rotatable bonds is 7. The van der Waals surface area contributed by atoms with E-state index in [2.05, 4.69) is 16.9 Å². The fourth-order valence-corrected chi connectivity index (χ4v) is 4.19. The van der Waals surface area contributed by atoms with Crippen molar-refractivity contribution in [1.29, 1.82) is 0 Å². The molecule has 2 aliphatic rings. The molecule has 1 saturated carbocycles. The van der Waals surface area contributed by atoms with E-state index in [0.717, 1.165) is 32.5 Å². The van der Waals surface area contributed by atoms with Crippen LogP contribution in [0.25, 0.3) is 0 Å². The largest absolute Gasteiger partial charge is 0.378 e. The van der Waals surface area contributed by atoms with E-state index in [0.29, 0.717) is 19.1 Å². The van der Waals surface area contributed by atoms with Crippen LogP contribution >= 0.6 is 11.8 Å². The first-order chi connectivity index (χ1) is 10.2. The van der Waals surface area contributed by atoms with E-state index in [1.807, 2.05) is 11.8 Å². The second-order valence-electron chi connectivity index (χ2n) is 6.29. The van der Waals surface area contributed by atoms with Crippen LogP contribution in [0, 0.1) is 0 Å². The average Bonchev–Trinajstić information content (AvgIpc) is 2.55. The number of hydrogen-bond donors (Lipinski definition) is 2. The van der Waals surface area contributed by atoms with Crippen molar-refractivity contribution in [2.24, 2.45) is 0 Å². The summed E-state index contributed by atoms with van der Waals surface area (Å²) in [5.41, 5.74) is 0. The third-order valence-corrected chi connectivity index (χ3v) is 6.19. The fourth-order valence-electron chi connectivity index (χ4n) is 3.28. The summed E-state index contributed by atoms with van der Waals surface area (Å²) in [6.45, 7) is 3.45. The van der Waals surface area contributed by atoms with Crippen LogP contribution in [0.4, 0.5) is 0 Å². The minimum atomic E-state index is 0.142. The quantitative estimate of drug-likeness (QED) is 0.757. The molecule has 1 aliphatic carbocycles. The van der Waals surface area contributed by atoms with Gasteiger partial charge < -0.3 is 15.4 Å². The number of carbonyl (C=O) groups is 1. The van der Waals surface area contributed by atoms with Gasteiger partial charge in [0.05, 0.1) is 12.7 Å². The van der Waals surface area contributed by atoms with Crippen LogP contribution in [0.1, 0.15) is 51.4 Å². The Morgan fingerprint density at radius 1 is 1.29 bits per heavy atom. The lowest BCUT2D eigenvalue weighted by Crippen LogP contribution is -2.42. The molecule has 0 spiro atoms. The lowest BCUT2D eigenvalue weighted by atomic mass is 9.88. The van der Waals surface area contributed by atoms with Gasteiger partial charge in [-0.3, -0.25) is 4.79 Å². The van der Waals surface area contributed by atoms with Crippen LogP contribution < -0.4 is 10.6 Å². The van der Waals surface area contributed by atoms with Gasteiger partial charge >= 0.3 is 0 Å². The summed E-state index contributed by atoms with van der Waals surface area (Å²) in [4.78, 5) is 12.0. The minimum absolute atomic E-state index is 0.142. The molecule has 2 rings (SSSR count). The molecule has 0 bridgehead atoms. The van der Waals surface area contributed by atoms with Gasteiger partial charge in [-0.1, -0.05) is 19.3 Å². The summed E-state index contributed by atoms with van der Waals surface area (Å²) in [5, 5.41) is 6.45. The second-order valence-corrected chi connectivity index (χ2v) is 7.57. The van der Waals surface area contributed by atoms with Gasteiger partial charge in [-0.15, -0.1) is 0 Å². The Morgan fingerprint density at radius 3 is 2.67 bits per heavy atom. The van der Waals surface area contributed by atoms with Crippen LogP contribution in [0.2, 0.25) is 0 Å². The molecule has 1 amide bonds. The van der Waals surface area contributed by atoms with Crippen LogP contribution in [0.3, 0.4) is 0 Å². The fraction of sp³-hybridized carbons (Fsp3) is 0.938. The molecule has 2 N–H and O–H groups in total. The minimum Gasteiger partial charge on any atom is -0.378 e. The number of amides is 1. The Kier molecular flexibility index (Phi) is 7.34. The van der Waals surface area contributed by atoms with E-state index in [4.69, 9.17) is 4.74 Å². The van der Waals surface area contributed by atoms with Crippen LogP contribution in [0.15, 0.2) is 0 Å². The molecule has 1 heterocycles. The molecular weight excluding hydrogens is 284 g/mol. The first-order valence-electron chi connectivity index (χ1n) is 8.38. The zero-order valence-corrected chi connectivity index (χ0v) is 14.1. The molecule has 0 aromatic rings. The molecule has 122 valence electrons. The van der Waals surface area contributed by atoms with E-state index >= 15 is 0 Å². The van der Waals surface area contributed by atoms with Crippen molar-refractivity contribution >= 4 is 17.7 Å². The monoisotopic (exact) mass is 314 g/mol. The molecule has 4 nitrogen and oxygen atoms in total. The second kappa shape index (κ2) is 9.01. The van der Waals surface area contributed by atoms with Crippen molar-refractivity contribution in [3.8, 4) is 0 Å². The number of nitrogens with one attached hydrogen (secondary N) is 2. The molecule has 1 saturated heterocycles. The molecule has 1 aliphatic heterocycles. The third-order valence-electron chi connectivity index (χ3n) is 4.77. The highest BCUT2D eigenvalue weighted by Crippen LogP contribution is 2.37. The Bertz CT molecular complexity index is 313. The smallest absolute Gasteiger partial charge is 0.222 e. The molecule has 21 heavy (non-hydrogen) atoms. The summed E-state index contributed by atoms with van der Waals surface area (Å²) in [7, 11) is 0. The highest BCUT2D eigenvalue weighted by atomic mass is 32.2. The molecule has 0 atom stereocenters. The Hall–Kier alpha value is -0.260. The standard InChI is InChI=1S/C16H30N2O2S/c1-21-16(8-3-2-4-9-16)13-18-15(19)7-12-20-14-5-10-17-11-6-14/h14,17H,2-13H2,1H3,(H,18,19). The number of thioether (sulfide) groups is 1. The highest BCUT2D eigenvalue weighted by molar-refractivity contribution is 8.00. The van der Waals surface area contributed by atoms with Gasteiger partial charge in [-0.05, 0) is 45.0 Å². The SMILES string of the molecule is CSC1(CNC(=O)CCOC2CCNCC2)CCCCC1. The molecule has 0 aromatic heterocycles. The summed E-state index contributed by atoms with van der Waals surface area (Å²) < 4.78 is 6.07. The van der Waals surface area contributed by atoms with Gasteiger partial charge in [-0.2, -0.15) is 11.8 Å². The maximum absolute atomic E-state index is 12.0. The van der Waals surface area contributed by atoms with Crippen molar-refractivity contribution < 1.29 is 9.53 Å². The van der Waals surface area contributed by atoms with Crippen molar-refractivity contribution in [1.82, 2.24) is 10.6 Å². The zero-order chi connectivity index (χ0) is 15.0. The maximum Gasteiger partial charge on any atom is 0.222 e. The van der Waals surface area contributed by atoms with Crippen LogP contribution in [-0.2, 0) is 9.53 Å². The van der Waals surface area contributed by atoms with Crippen molar-refractivity contribution in [3.05, 3.63) is 0 Å². The maximum atomic E-state index is 12.0. The summed E-state index contributed by atoms with van der Waals surface area (Å²) in [5.74, 6) is 0.142. The molecule has 5 heteroatoms. The number of carbonyl (C=O) groups excluding carboxylic acids is 1. The average molecular weight is 314 g/mol. The Morgan fingerprint density at radius 2 is 2.00 bits per heavy atom. The topological polar surface area (TPSA) is 50.4 Å². The van der Waals surface area contributed by atoms with E-state index in [9.17, 15) is 4.79 Å². The first kappa shape index (κ1) is 17.1. The molecule has 0 unspecified atom stereocenters. The van der Waals surface area contributed by atoms with Crippen molar-refractivity contribution in [2.45, 2.75) is 62.2 Å². The number of hydrogen-bond acceptors (Lipinski definition) is 4. The van der Waals surface area contributed by atoms with Gasteiger partial charge in [0.25, 0.3) is 0 Å². The zero-order valence-electron chi connectivity index (χ0n) is 13.3.